The van der Waals surface area contributed by atoms with Gasteiger partial charge < -0.3 is 20.6 Å². The molecule has 2 unspecified atom stereocenters. The zero-order valence-electron chi connectivity index (χ0n) is 15.3. The Kier molecular flexibility index (Phi) is 4.77. The second kappa shape index (κ2) is 7.09. The summed E-state index contributed by atoms with van der Waals surface area (Å²) in [6.07, 6.45) is 4.57. The third-order valence-corrected chi connectivity index (χ3v) is 6.30. The molecule has 27 heavy (non-hydrogen) atoms. The van der Waals surface area contributed by atoms with E-state index in [1.807, 2.05) is 4.90 Å². The van der Waals surface area contributed by atoms with Crippen LogP contribution in [0.25, 0.3) is 0 Å². The summed E-state index contributed by atoms with van der Waals surface area (Å²) in [6.45, 7) is 1.49. The lowest BCUT2D eigenvalue weighted by Crippen LogP contribution is -2.60. The molecule has 8 heteroatoms. The number of nitrogens with one attached hydrogen (secondary N) is 2. The Morgan fingerprint density at radius 3 is 2.48 bits per heavy atom. The fraction of sp³-hybridized carbons (Fsp3) is 0.632. The Morgan fingerprint density at radius 1 is 1.26 bits per heavy atom. The Balaban J connectivity index is 1.57. The summed E-state index contributed by atoms with van der Waals surface area (Å²) in [7, 11) is 0. The Hall–Kier alpha value is -2.19. The predicted octanol–water partition coefficient (Wildman–Crippen LogP) is 1.87. The van der Waals surface area contributed by atoms with E-state index in [0.29, 0.717) is 19.4 Å². The predicted molar refractivity (Wildman–Crippen MR) is 99.3 cm³/mol. The zero-order chi connectivity index (χ0) is 19.0. The summed E-state index contributed by atoms with van der Waals surface area (Å²) < 4.78 is 0. The number of piperidine rings is 2. The van der Waals surface area contributed by atoms with E-state index in [9.17, 15) is 20.0 Å². The number of hydrogen-bond acceptors (Lipinski definition) is 5. The van der Waals surface area contributed by atoms with Crippen LogP contribution in [0.4, 0.5) is 10.5 Å². The van der Waals surface area contributed by atoms with E-state index in [1.54, 1.807) is 12.1 Å². The molecule has 146 valence electrons. The van der Waals surface area contributed by atoms with Crippen LogP contribution in [-0.4, -0.2) is 52.2 Å². The number of nitrogens with zero attached hydrogens (tertiary/aromatic N) is 2. The molecule has 3 aliphatic rings. The number of aliphatic hydroxyl groups is 1. The molecule has 4 rings (SSSR count). The van der Waals surface area contributed by atoms with Crippen LogP contribution in [0.15, 0.2) is 24.3 Å². The van der Waals surface area contributed by atoms with Gasteiger partial charge in [0.15, 0.2) is 0 Å². The SMILES string of the molecule is O=C(N[C@]1(c2ccc([N+](=O)[O-])cc2)CCCNC1)N1C2CCC1CC(O)C2. The van der Waals surface area contributed by atoms with E-state index in [4.69, 9.17) is 0 Å². The summed E-state index contributed by atoms with van der Waals surface area (Å²) in [5, 5.41) is 27.6. The first kappa shape index (κ1) is 18.2. The highest BCUT2D eigenvalue weighted by molar-refractivity contribution is 5.77. The van der Waals surface area contributed by atoms with Crippen molar-refractivity contribution in [3.63, 3.8) is 0 Å². The van der Waals surface area contributed by atoms with Crippen molar-refractivity contribution in [3.05, 3.63) is 39.9 Å². The Labute approximate surface area is 158 Å². The number of fused-ring (bicyclic) bond motifs is 2. The molecule has 0 spiro atoms. The van der Waals surface area contributed by atoms with Crippen molar-refractivity contribution >= 4 is 11.7 Å². The standard InChI is InChI=1S/C19H26N4O4/c24-17-10-15-6-7-16(11-17)22(15)18(25)21-19(8-1-9-20-12-19)13-2-4-14(5-3-13)23(26)27/h2-5,15-17,20,24H,1,6-12H2,(H,21,25)/t15?,16?,17?,19-/m1/s1. The van der Waals surface area contributed by atoms with E-state index < -0.39 is 10.5 Å². The highest BCUT2D eigenvalue weighted by Crippen LogP contribution is 2.37. The molecule has 1 aromatic rings. The van der Waals surface area contributed by atoms with Crippen molar-refractivity contribution in [1.82, 2.24) is 15.5 Å². The minimum Gasteiger partial charge on any atom is -0.393 e. The average Bonchev–Trinajstić information content (AvgIpc) is 2.94. The summed E-state index contributed by atoms with van der Waals surface area (Å²) >= 11 is 0. The molecule has 8 nitrogen and oxygen atoms in total. The smallest absolute Gasteiger partial charge is 0.318 e. The number of rotatable bonds is 3. The molecule has 0 aliphatic carbocycles. The van der Waals surface area contributed by atoms with E-state index in [1.165, 1.54) is 12.1 Å². The number of aliphatic hydroxyl groups excluding tert-OH is 1. The van der Waals surface area contributed by atoms with Crippen LogP contribution in [0.1, 0.15) is 44.1 Å². The van der Waals surface area contributed by atoms with Gasteiger partial charge in [-0.3, -0.25) is 10.1 Å². The minimum absolute atomic E-state index is 0.0482. The van der Waals surface area contributed by atoms with Crippen molar-refractivity contribution < 1.29 is 14.8 Å². The second-order valence-electron chi connectivity index (χ2n) is 8.01. The summed E-state index contributed by atoms with van der Waals surface area (Å²) in [4.78, 5) is 25.7. The Bertz CT molecular complexity index is 703. The van der Waals surface area contributed by atoms with Crippen molar-refractivity contribution in [1.29, 1.82) is 0 Å². The second-order valence-corrected chi connectivity index (χ2v) is 8.01. The fourth-order valence-electron chi connectivity index (χ4n) is 4.98. The van der Waals surface area contributed by atoms with Gasteiger partial charge in [-0.1, -0.05) is 0 Å². The number of hydrogen-bond donors (Lipinski definition) is 3. The Morgan fingerprint density at radius 2 is 1.93 bits per heavy atom. The first-order valence-corrected chi connectivity index (χ1v) is 9.73. The molecular weight excluding hydrogens is 348 g/mol. The molecule has 0 saturated carbocycles. The molecule has 3 aliphatic heterocycles. The van der Waals surface area contributed by atoms with Gasteiger partial charge >= 0.3 is 6.03 Å². The summed E-state index contributed by atoms with van der Waals surface area (Å²) in [5.41, 5.74) is 0.366. The molecule has 2 amide bonds. The molecule has 0 radical (unpaired) electrons. The van der Waals surface area contributed by atoms with Crippen molar-refractivity contribution in [3.8, 4) is 0 Å². The quantitative estimate of drug-likeness (QED) is 0.553. The van der Waals surface area contributed by atoms with Crippen LogP contribution in [0.2, 0.25) is 0 Å². The molecule has 1 aromatic carbocycles. The third-order valence-electron chi connectivity index (χ3n) is 6.30. The maximum absolute atomic E-state index is 13.2. The molecule has 3 saturated heterocycles. The number of carbonyl (C=O) groups is 1. The first-order chi connectivity index (χ1) is 13.0. The normalized spacial score (nSPS) is 32.9. The number of nitro groups is 1. The van der Waals surface area contributed by atoms with Gasteiger partial charge in [-0.05, 0) is 62.8 Å². The number of urea groups is 1. The topological polar surface area (TPSA) is 108 Å². The van der Waals surface area contributed by atoms with Gasteiger partial charge in [0.2, 0.25) is 0 Å². The average molecular weight is 374 g/mol. The largest absolute Gasteiger partial charge is 0.393 e. The van der Waals surface area contributed by atoms with E-state index in [0.717, 1.165) is 37.8 Å². The van der Waals surface area contributed by atoms with Gasteiger partial charge in [0.25, 0.3) is 5.69 Å². The molecule has 3 N–H and O–H groups in total. The van der Waals surface area contributed by atoms with E-state index in [2.05, 4.69) is 10.6 Å². The molecule has 3 heterocycles. The molecule has 3 fully saturated rings. The monoisotopic (exact) mass is 374 g/mol. The molecule has 0 aromatic heterocycles. The van der Waals surface area contributed by atoms with Crippen molar-refractivity contribution in [2.75, 3.05) is 13.1 Å². The van der Waals surface area contributed by atoms with Gasteiger partial charge in [-0.15, -0.1) is 0 Å². The van der Waals surface area contributed by atoms with Crippen LogP contribution >= 0.6 is 0 Å². The molecular formula is C19H26N4O4. The van der Waals surface area contributed by atoms with Crippen LogP contribution in [0, 0.1) is 10.1 Å². The number of benzene rings is 1. The van der Waals surface area contributed by atoms with E-state index in [-0.39, 0.29) is 29.9 Å². The molecule has 2 bridgehead atoms. The lowest BCUT2D eigenvalue weighted by molar-refractivity contribution is -0.384. The summed E-state index contributed by atoms with van der Waals surface area (Å²) in [5.74, 6) is 0. The molecule has 3 atom stereocenters. The highest BCUT2D eigenvalue weighted by Gasteiger charge is 2.45. The van der Waals surface area contributed by atoms with Gasteiger partial charge in [0.1, 0.15) is 0 Å². The number of nitro benzene ring substituents is 1. The van der Waals surface area contributed by atoms with Crippen molar-refractivity contribution in [2.45, 2.75) is 62.3 Å². The first-order valence-electron chi connectivity index (χ1n) is 9.73. The van der Waals surface area contributed by atoms with Crippen LogP contribution in [0.5, 0.6) is 0 Å². The van der Waals surface area contributed by atoms with Gasteiger partial charge in [-0.25, -0.2) is 4.79 Å². The van der Waals surface area contributed by atoms with Gasteiger partial charge in [0.05, 0.1) is 16.6 Å². The minimum atomic E-state index is -0.569. The van der Waals surface area contributed by atoms with Crippen LogP contribution in [-0.2, 0) is 5.54 Å². The lowest BCUT2D eigenvalue weighted by atomic mass is 9.83. The van der Waals surface area contributed by atoms with Gasteiger partial charge in [-0.2, -0.15) is 0 Å². The number of amides is 2. The van der Waals surface area contributed by atoms with E-state index >= 15 is 0 Å². The maximum Gasteiger partial charge on any atom is 0.318 e. The van der Waals surface area contributed by atoms with Crippen LogP contribution in [0.3, 0.4) is 0 Å². The van der Waals surface area contributed by atoms with Crippen LogP contribution < -0.4 is 10.6 Å². The summed E-state index contributed by atoms with van der Waals surface area (Å²) in [6, 6.07) is 6.61. The highest BCUT2D eigenvalue weighted by atomic mass is 16.6. The lowest BCUT2D eigenvalue weighted by Gasteiger charge is -2.43. The van der Waals surface area contributed by atoms with Gasteiger partial charge in [0, 0.05) is 30.8 Å². The fourth-order valence-corrected chi connectivity index (χ4v) is 4.98. The van der Waals surface area contributed by atoms with Crippen molar-refractivity contribution in [2.24, 2.45) is 0 Å². The zero-order valence-corrected chi connectivity index (χ0v) is 15.3. The maximum atomic E-state index is 13.2. The number of carbonyl (C=O) groups excluding carboxylic acids is 1. The third kappa shape index (κ3) is 3.39. The number of non-ortho nitro benzene ring substituents is 1.